The highest BCUT2D eigenvalue weighted by molar-refractivity contribution is 7.12. The molecule has 4 aliphatic rings. The van der Waals surface area contributed by atoms with E-state index in [2.05, 4.69) is 133 Å². The van der Waals surface area contributed by atoms with Gasteiger partial charge in [0.2, 0.25) is 0 Å². The second-order valence-electron chi connectivity index (χ2n) is 19.4. The van der Waals surface area contributed by atoms with Gasteiger partial charge in [-0.2, -0.15) is 0 Å². The summed E-state index contributed by atoms with van der Waals surface area (Å²) < 4.78 is 0. The zero-order chi connectivity index (χ0) is 48.2. The third-order valence-electron chi connectivity index (χ3n) is 7.58. The maximum absolute atomic E-state index is 4.70. The lowest BCUT2D eigenvalue weighted by atomic mass is 9.98. The predicted octanol–water partition coefficient (Wildman–Crippen LogP) is 14.0. The van der Waals surface area contributed by atoms with Crippen molar-refractivity contribution in [2.75, 3.05) is 26.2 Å². The van der Waals surface area contributed by atoms with Gasteiger partial charge in [-0.05, 0) is 23.7 Å². The fraction of sp³-hybridized carbons (Fsp3) is 0.760. The Hall–Kier alpha value is -1.64. The van der Waals surface area contributed by atoms with Gasteiger partial charge in [0, 0.05) is 95.5 Å². The fourth-order valence-corrected chi connectivity index (χ4v) is 8.83. The van der Waals surface area contributed by atoms with Gasteiger partial charge in [0.05, 0.1) is 43.8 Å². The number of hydrogen-bond donors (Lipinski definition) is 4. The molecule has 0 unspecified atom stereocenters. The minimum Gasteiger partial charge on any atom is -0.311 e. The Morgan fingerprint density at radius 1 is 0.387 bits per heavy atom. The van der Waals surface area contributed by atoms with E-state index in [1.165, 1.54) is 58.7 Å². The quantitative estimate of drug-likeness (QED) is 0.138. The van der Waals surface area contributed by atoms with Gasteiger partial charge in [0.1, 0.15) is 0 Å². The highest BCUT2D eigenvalue weighted by Crippen LogP contribution is 2.31. The molecular formula is C50H96N8S4. The van der Waals surface area contributed by atoms with E-state index in [0.717, 1.165) is 71.6 Å². The van der Waals surface area contributed by atoms with Crippen molar-refractivity contribution in [2.45, 2.75) is 215 Å². The van der Waals surface area contributed by atoms with E-state index >= 15 is 0 Å². The first-order valence-electron chi connectivity index (χ1n) is 23.7. The molecule has 62 heavy (non-hydrogen) atoms. The summed E-state index contributed by atoms with van der Waals surface area (Å²) in [6.07, 6.45) is 4.53. The summed E-state index contributed by atoms with van der Waals surface area (Å²) >= 11 is 7.29. The van der Waals surface area contributed by atoms with E-state index in [-0.39, 0.29) is 10.8 Å². The number of nitrogens with one attached hydrogen (secondary N) is 4. The molecule has 0 saturated carbocycles. The molecule has 4 N–H and O–H groups in total. The molecule has 360 valence electrons. The Balaban J connectivity index is 0. The van der Waals surface area contributed by atoms with Crippen LogP contribution >= 0.6 is 45.3 Å². The summed E-state index contributed by atoms with van der Waals surface area (Å²) in [5.74, 6) is 0. The molecule has 0 amide bonds. The standard InChI is InChI=1S/2C10H16N2S.2C6H8N2S.2C5H12.4C2H6/c1-10(2,3)9-12-7-6-11-5-4-8(7)13-9;1-10(2,3)9-12-7-4-5-11-6-8(7)13-9;1-2-7-3-5-6(1)9-4-8-5;1-2-7-3-6-5(1)8-4-9-6;2*1-5(2,3)4;4*1-2/h2*11H,4-6H2,1-3H3;2*4,7H,1-3H2;2*1-4H3;4*1-2H3. The minimum absolute atomic E-state index is 0.210. The molecule has 0 saturated heterocycles. The van der Waals surface area contributed by atoms with E-state index in [0.29, 0.717) is 10.8 Å². The molecule has 4 aromatic heterocycles. The maximum atomic E-state index is 4.70. The van der Waals surface area contributed by atoms with E-state index in [9.17, 15) is 0 Å². The monoisotopic (exact) mass is 937 g/mol. The summed E-state index contributed by atoms with van der Waals surface area (Å²) in [6.45, 7) is 55.2. The molecule has 0 aromatic carbocycles. The second-order valence-corrected chi connectivity index (χ2v) is 23.5. The van der Waals surface area contributed by atoms with Gasteiger partial charge in [0.15, 0.2) is 0 Å². The number of hydrogen-bond acceptors (Lipinski definition) is 12. The van der Waals surface area contributed by atoms with Crippen LogP contribution < -0.4 is 21.3 Å². The van der Waals surface area contributed by atoms with Gasteiger partial charge in [-0.3, -0.25) is 0 Å². The molecule has 0 atom stereocenters. The first-order chi connectivity index (χ1) is 29.1. The van der Waals surface area contributed by atoms with E-state index < -0.39 is 0 Å². The van der Waals surface area contributed by atoms with E-state index in [4.69, 9.17) is 4.98 Å². The number of nitrogens with zero attached hydrogens (tertiary/aromatic N) is 4. The van der Waals surface area contributed by atoms with Crippen LogP contribution in [-0.2, 0) is 62.7 Å². The number of aromatic nitrogens is 4. The molecule has 8 heterocycles. The Kier molecular flexibility index (Phi) is 33.2. The van der Waals surface area contributed by atoms with Crippen LogP contribution in [0.1, 0.15) is 205 Å². The number of fused-ring (bicyclic) bond motifs is 4. The van der Waals surface area contributed by atoms with Crippen LogP contribution in [0, 0.1) is 10.8 Å². The van der Waals surface area contributed by atoms with Crippen LogP contribution in [0.15, 0.2) is 11.0 Å². The average Bonchev–Trinajstić information content (AvgIpc) is 4.06. The van der Waals surface area contributed by atoms with Crippen molar-refractivity contribution >= 4 is 45.3 Å². The molecule has 12 heteroatoms. The highest BCUT2D eigenvalue weighted by atomic mass is 32.1. The van der Waals surface area contributed by atoms with Crippen LogP contribution in [0.25, 0.3) is 0 Å². The smallest absolute Gasteiger partial charge is 0.0985 e. The molecule has 0 spiro atoms. The molecule has 8 rings (SSSR count). The molecule has 0 bridgehead atoms. The molecule has 4 aromatic rings. The van der Waals surface area contributed by atoms with E-state index in [1.54, 1.807) is 22.7 Å². The van der Waals surface area contributed by atoms with Crippen LogP contribution in [0.4, 0.5) is 0 Å². The molecular weight excluding hydrogens is 841 g/mol. The molecule has 0 fully saturated rings. The van der Waals surface area contributed by atoms with Gasteiger partial charge >= 0.3 is 0 Å². The van der Waals surface area contributed by atoms with Crippen molar-refractivity contribution in [3.8, 4) is 0 Å². The lowest BCUT2D eigenvalue weighted by Gasteiger charge is -2.13. The van der Waals surface area contributed by atoms with Crippen LogP contribution in [0.5, 0.6) is 0 Å². The summed E-state index contributed by atoms with van der Waals surface area (Å²) in [5.41, 5.74) is 10.4. The Morgan fingerprint density at radius 3 is 1.15 bits per heavy atom. The summed E-state index contributed by atoms with van der Waals surface area (Å²) in [7, 11) is 0. The Morgan fingerprint density at radius 2 is 0.726 bits per heavy atom. The van der Waals surface area contributed by atoms with Crippen molar-refractivity contribution in [3.63, 3.8) is 0 Å². The molecule has 4 aliphatic heterocycles. The summed E-state index contributed by atoms with van der Waals surface area (Å²) in [5, 5.41) is 15.9. The predicted molar refractivity (Wildman–Crippen MR) is 283 cm³/mol. The average molecular weight is 938 g/mol. The van der Waals surface area contributed by atoms with Crippen molar-refractivity contribution in [3.05, 3.63) is 63.3 Å². The minimum atomic E-state index is 0.210. The van der Waals surface area contributed by atoms with Gasteiger partial charge < -0.3 is 21.3 Å². The van der Waals surface area contributed by atoms with Crippen LogP contribution in [0.3, 0.4) is 0 Å². The van der Waals surface area contributed by atoms with E-state index in [1.807, 2.05) is 89.1 Å². The highest BCUT2D eigenvalue weighted by Gasteiger charge is 2.23. The third-order valence-corrected chi connectivity index (χ3v) is 12.5. The maximum Gasteiger partial charge on any atom is 0.0985 e. The summed E-state index contributed by atoms with van der Waals surface area (Å²) in [6, 6.07) is 0. The molecule has 0 radical (unpaired) electrons. The topological polar surface area (TPSA) is 99.7 Å². The first-order valence-corrected chi connectivity index (χ1v) is 27.1. The van der Waals surface area contributed by atoms with Crippen molar-refractivity contribution in [2.24, 2.45) is 10.8 Å². The largest absolute Gasteiger partial charge is 0.311 e. The van der Waals surface area contributed by atoms with Crippen LogP contribution in [0.2, 0.25) is 0 Å². The number of thiazole rings is 4. The van der Waals surface area contributed by atoms with Crippen molar-refractivity contribution in [1.82, 2.24) is 41.2 Å². The lowest BCUT2D eigenvalue weighted by molar-refractivity contribution is 0.469. The Bertz CT molecular complexity index is 1430. The van der Waals surface area contributed by atoms with Gasteiger partial charge in [-0.25, -0.2) is 19.9 Å². The molecule has 0 aliphatic carbocycles. The van der Waals surface area contributed by atoms with Gasteiger partial charge in [-0.15, -0.1) is 45.3 Å². The van der Waals surface area contributed by atoms with Crippen molar-refractivity contribution in [1.29, 1.82) is 0 Å². The lowest BCUT2D eigenvalue weighted by Crippen LogP contribution is -2.22. The van der Waals surface area contributed by atoms with Crippen LogP contribution in [-0.4, -0.2) is 46.1 Å². The summed E-state index contributed by atoms with van der Waals surface area (Å²) in [4.78, 5) is 23.6. The van der Waals surface area contributed by atoms with Gasteiger partial charge in [-0.1, -0.05) is 152 Å². The normalized spacial score (nSPS) is 14.5. The zero-order valence-electron chi connectivity index (χ0n) is 44.1. The zero-order valence-corrected chi connectivity index (χ0v) is 47.3. The first kappa shape index (κ1) is 62.4. The number of rotatable bonds is 0. The second kappa shape index (κ2) is 32.9. The third kappa shape index (κ3) is 28.3. The van der Waals surface area contributed by atoms with Crippen molar-refractivity contribution < 1.29 is 0 Å². The SMILES string of the molecule is CC.CC.CC.CC.CC(C)(C)C.CC(C)(C)C.CC(C)(C)c1nc2c(s1)CCNC2.CC(C)(C)c1nc2c(s1)CNCC2.c1nc2c(s1)CCNC2.c1nc2c(s1)CNCC2. The van der Waals surface area contributed by atoms with Gasteiger partial charge in [0.25, 0.3) is 0 Å². The Labute approximate surface area is 399 Å². The fourth-order valence-electron chi connectivity index (χ4n) is 4.99. The molecule has 8 nitrogen and oxygen atoms in total.